The van der Waals surface area contributed by atoms with Crippen molar-refractivity contribution in [3.05, 3.63) is 11.6 Å². The maximum absolute atomic E-state index is 14.2. The number of ether oxygens (including phenoxy) is 3. The van der Waals surface area contributed by atoms with E-state index in [0.717, 1.165) is 83.7 Å². The van der Waals surface area contributed by atoms with Crippen molar-refractivity contribution >= 4 is 11.8 Å². The Morgan fingerprint density at radius 3 is 2.46 bits per heavy atom. The number of piperidine rings is 2. The standard InChI is InChI=1S/C43H70N4O9/c1-3-22(19-48)42(53)55-33-17-31-38(52)37-32(51)16-28(20-49)54-40(37)36-30-15-25-14-27(50)8-7-23(25)5-6-24(35-29(30)10-11-46-41(35)45)13-26(43(33,2)56-39(31)36)12-21-4-9-34(44)47-18-21/h3,21,23-31,33-41,46-50,52H,4-20,44-45H2,1-2H3/p+1/t21?,23?,24?,25?,26-,27?,28?,29?,30?,31?,33-,34?,35?,36?,37?,38?,39?,40?,41?,43-/m0/s1. The second-order valence-corrected chi connectivity index (χ2v) is 19.7. The number of nitrogens with one attached hydrogen (secondary N) is 1. The van der Waals surface area contributed by atoms with Crippen molar-refractivity contribution in [3.63, 3.8) is 0 Å². The highest BCUT2D eigenvalue weighted by molar-refractivity contribution is 5.88. The van der Waals surface area contributed by atoms with Gasteiger partial charge in [0.25, 0.3) is 0 Å². The Balaban J connectivity index is 1.31. The number of hydrogen-bond acceptors (Lipinski definition) is 12. The van der Waals surface area contributed by atoms with Crippen molar-refractivity contribution in [2.45, 2.75) is 152 Å². The highest BCUT2D eigenvalue weighted by atomic mass is 16.6. The minimum atomic E-state index is -1.09. The monoisotopic (exact) mass is 788 g/mol. The summed E-state index contributed by atoms with van der Waals surface area (Å²) in [5, 5.41) is 50.1. The first-order chi connectivity index (χ1) is 26.9. The predicted molar refractivity (Wildman–Crippen MR) is 206 cm³/mol. The van der Waals surface area contributed by atoms with Crippen LogP contribution in [-0.2, 0) is 23.8 Å². The van der Waals surface area contributed by atoms with Crippen LogP contribution < -0.4 is 22.1 Å². The van der Waals surface area contributed by atoms with E-state index in [4.69, 9.17) is 25.7 Å². The van der Waals surface area contributed by atoms with Gasteiger partial charge in [-0.15, -0.1) is 0 Å². The zero-order valence-electron chi connectivity index (χ0n) is 33.6. The minimum Gasteiger partial charge on any atom is -0.456 e. The molecule has 0 aromatic rings. The molecule has 4 bridgehead atoms. The van der Waals surface area contributed by atoms with Gasteiger partial charge in [-0.3, -0.25) is 10.5 Å². The van der Waals surface area contributed by atoms with Crippen molar-refractivity contribution < 1.29 is 49.5 Å². The third-order valence-corrected chi connectivity index (χ3v) is 16.9. The summed E-state index contributed by atoms with van der Waals surface area (Å²) in [6, 6.07) is 0. The molecule has 5 aliphatic heterocycles. The summed E-state index contributed by atoms with van der Waals surface area (Å²) in [6.07, 6.45) is 7.83. The normalized spacial score (nSPS) is 51.0. The Labute approximate surface area is 332 Å². The lowest BCUT2D eigenvalue weighted by atomic mass is 9.52. The molecule has 0 spiro atoms. The fourth-order valence-electron chi connectivity index (χ4n) is 14.0. The first-order valence-corrected chi connectivity index (χ1v) is 22.3. The van der Waals surface area contributed by atoms with Gasteiger partial charge in [0.1, 0.15) is 23.7 Å². The van der Waals surface area contributed by atoms with Gasteiger partial charge in [-0.05, 0) is 132 Å². The highest BCUT2D eigenvalue weighted by Gasteiger charge is 2.66. The molecular formula is C43H71N4O9+. The molecule has 8 fully saturated rings. The van der Waals surface area contributed by atoms with Crippen LogP contribution in [-0.4, -0.2) is 113 Å². The van der Waals surface area contributed by atoms with E-state index in [-0.39, 0.29) is 78.3 Å². The predicted octanol–water partition coefficient (Wildman–Crippen LogP) is 0.699. The van der Waals surface area contributed by atoms with Crippen LogP contribution in [0.1, 0.15) is 97.3 Å². The molecule has 5 saturated heterocycles. The molecule has 20 atom stereocenters. The second kappa shape index (κ2) is 16.9. The average molecular weight is 788 g/mol. The van der Waals surface area contributed by atoms with Crippen LogP contribution in [0.5, 0.6) is 0 Å². The van der Waals surface area contributed by atoms with Gasteiger partial charge in [0.2, 0.25) is 0 Å². The van der Waals surface area contributed by atoms with Crippen LogP contribution in [0.25, 0.3) is 0 Å². The lowest BCUT2D eigenvalue weighted by Crippen LogP contribution is -2.95. The number of aliphatic hydroxyl groups is 4. The van der Waals surface area contributed by atoms with E-state index >= 15 is 0 Å². The van der Waals surface area contributed by atoms with Crippen LogP contribution in [0.2, 0.25) is 0 Å². The third kappa shape index (κ3) is 7.58. The molecule has 8 rings (SSSR count). The van der Waals surface area contributed by atoms with Crippen LogP contribution in [0, 0.1) is 65.1 Å². The van der Waals surface area contributed by atoms with Crippen molar-refractivity contribution in [1.29, 1.82) is 0 Å². The Kier molecular flexibility index (Phi) is 12.4. The molecule has 8 aliphatic rings. The van der Waals surface area contributed by atoms with E-state index in [1.165, 1.54) is 0 Å². The summed E-state index contributed by atoms with van der Waals surface area (Å²) in [6.45, 7) is 4.80. The van der Waals surface area contributed by atoms with E-state index in [9.17, 15) is 30.0 Å². The van der Waals surface area contributed by atoms with Crippen LogP contribution >= 0.6 is 0 Å². The molecule has 5 heterocycles. The quantitative estimate of drug-likeness (QED) is 0.138. The van der Waals surface area contributed by atoms with Crippen molar-refractivity contribution in [2.24, 2.45) is 76.6 Å². The molecule has 0 radical (unpaired) electrons. The number of ketones is 1. The summed E-state index contributed by atoms with van der Waals surface area (Å²) in [5.41, 5.74) is 12.8. The van der Waals surface area contributed by atoms with Crippen molar-refractivity contribution in [2.75, 3.05) is 26.3 Å². The van der Waals surface area contributed by atoms with E-state index in [0.29, 0.717) is 24.2 Å². The molecule has 11 N–H and O–H groups in total. The lowest BCUT2D eigenvalue weighted by molar-refractivity contribution is -0.703. The van der Waals surface area contributed by atoms with E-state index < -0.39 is 60.5 Å². The van der Waals surface area contributed by atoms with Gasteiger partial charge in [-0.25, -0.2) is 4.79 Å². The van der Waals surface area contributed by atoms with Crippen LogP contribution in [0.4, 0.5) is 0 Å². The van der Waals surface area contributed by atoms with Crippen LogP contribution in [0.3, 0.4) is 0 Å². The molecule has 3 saturated carbocycles. The summed E-state index contributed by atoms with van der Waals surface area (Å²) in [5.74, 6) is -0.579. The fraction of sp³-hybridized carbons (Fsp3) is 0.907. The largest absolute Gasteiger partial charge is 0.456 e. The number of aliphatic hydroxyl groups excluding tert-OH is 4. The van der Waals surface area contributed by atoms with E-state index in [1.807, 2.05) is 0 Å². The molecule has 13 nitrogen and oxygen atoms in total. The number of Topliss-reactive ketones (excluding diaryl/α,β-unsaturated/α-hetero) is 1. The van der Waals surface area contributed by atoms with E-state index in [1.54, 1.807) is 13.0 Å². The van der Waals surface area contributed by atoms with Gasteiger partial charge in [0, 0.05) is 30.6 Å². The maximum Gasteiger partial charge on any atom is 0.336 e. The summed E-state index contributed by atoms with van der Waals surface area (Å²) < 4.78 is 21.1. The average Bonchev–Trinajstić information content (AvgIpc) is 3.23. The smallest absolute Gasteiger partial charge is 0.336 e. The van der Waals surface area contributed by atoms with Gasteiger partial charge >= 0.3 is 5.97 Å². The first-order valence-electron chi connectivity index (χ1n) is 22.3. The Bertz CT molecular complexity index is 1440. The van der Waals surface area contributed by atoms with E-state index in [2.05, 4.69) is 17.6 Å². The SMILES string of the molecule is CC=C(CO)C(=O)O[C@H]1CC2C(O)C3C(=O)CC(CO)OC3C3C4CC5CC(O)CCC5CCC(C[C@H](CC5CCC(N)[NH2+]C5)[C@]1(C)OC23)C1C(N)NCCC41. The summed E-state index contributed by atoms with van der Waals surface area (Å²) >= 11 is 0. The first kappa shape index (κ1) is 41.2. The number of carbonyl (C=O) groups is 2. The van der Waals surface area contributed by atoms with Gasteiger partial charge in [0.15, 0.2) is 0 Å². The molecule has 3 aliphatic carbocycles. The Hall–Kier alpha value is -1.52. The van der Waals surface area contributed by atoms with Crippen molar-refractivity contribution in [3.8, 4) is 0 Å². The lowest BCUT2D eigenvalue weighted by Gasteiger charge is -2.63. The number of fused-ring (bicyclic) bond motifs is 5. The molecule has 17 unspecified atom stereocenters. The molecule has 0 amide bonds. The zero-order valence-corrected chi connectivity index (χ0v) is 33.6. The summed E-state index contributed by atoms with van der Waals surface area (Å²) in [4.78, 5) is 28.1. The number of hydrogen-bond donors (Lipinski definition) is 8. The molecular weight excluding hydrogens is 716 g/mol. The molecule has 13 heteroatoms. The van der Waals surface area contributed by atoms with Gasteiger partial charge in [0.05, 0.1) is 67.9 Å². The van der Waals surface area contributed by atoms with Crippen molar-refractivity contribution in [1.82, 2.24) is 5.32 Å². The Morgan fingerprint density at radius 2 is 1.73 bits per heavy atom. The van der Waals surface area contributed by atoms with Crippen LogP contribution in [0.15, 0.2) is 11.6 Å². The fourth-order valence-corrected chi connectivity index (χ4v) is 14.0. The number of rotatable bonds is 6. The maximum atomic E-state index is 14.2. The molecule has 0 aromatic carbocycles. The molecule has 316 valence electrons. The second-order valence-electron chi connectivity index (χ2n) is 19.7. The number of quaternary nitrogens is 1. The number of allylic oxidation sites excluding steroid dienone is 1. The number of nitrogens with two attached hydrogens (primary N) is 3. The highest BCUT2D eigenvalue weighted by Crippen LogP contribution is 2.60. The van der Waals surface area contributed by atoms with Gasteiger partial charge < -0.3 is 51.0 Å². The zero-order chi connectivity index (χ0) is 39.5. The third-order valence-electron chi connectivity index (χ3n) is 16.9. The van der Waals surface area contributed by atoms with Gasteiger partial charge in [-0.2, -0.15) is 0 Å². The Morgan fingerprint density at radius 1 is 0.946 bits per heavy atom. The number of esters is 1. The molecule has 0 aromatic heterocycles. The number of carbonyl (C=O) groups excluding carboxylic acids is 2. The molecule has 56 heavy (non-hydrogen) atoms. The topological polar surface area (TPSA) is 223 Å². The summed E-state index contributed by atoms with van der Waals surface area (Å²) in [7, 11) is 0. The van der Waals surface area contributed by atoms with Gasteiger partial charge in [-0.1, -0.05) is 6.08 Å². The minimum absolute atomic E-state index is 0.0302.